The Kier molecular flexibility index (Phi) is 14.9. The predicted molar refractivity (Wildman–Crippen MR) is 185 cm³/mol. The third-order valence-electron chi connectivity index (χ3n) is 8.65. The smallest absolute Gasteiger partial charge is 0.326 e. The Morgan fingerprint density at radius 1 is 1.00 bits per heavy atom. The van der Waals surface area contributed by atoms with Crippen LogP contribution in [0.25, 0.3) is 0 Å². The molecular weight excluding hydrogens is 686 g/mol. The van der Waals surface area contributed by atoms with E-state index in [-0.39, 0.29) is 31.2 Å². The highest BCUT2D eigenvalue weighted by atomic mass is 16.5. The fourth-order valence-electron chi connectivity index (χ4n) is 4.77. The van der Waals surface area contributed by atoms with Gasteiger partial charge in [0, 0.05) is 6.54 Å². The number of carbonyl (C=O) groups is 6. The van der Waals surface area contributed by atoms with Crippen LogP contribution in [-0.2, 0) is 28.8 Å². The molecule has 0 aliphatic carbocycles. The molecule has 4 amide bonds. The Balaban J connectivity index is 1.76. The van der Waals surface area contributed by atoms with Crippen molar-refractivity contribution in [3.63, 3.8) is 0 Å². The number of rotatable bonds is 18. The molecule has 0 saturated carbocycles. The standard InChI is InChI=1S/C32H49N9O11/c1-17(2)25(29(48)49)39-27(47)21(14-24(44)45)37-22(42)15-36-26(46)20(33)8-7-13-35-30(34)38-23(43)16-52-19-11-9-18(10-12-19)28-40(50)31(3,4)32(5,6)41(28)51/h9-12,17,20-21,25,50H,7-8,13-16,33H2,1-6H3,(H,36,46)(H,37,42)(H,39,47)(H,44,45)(H,48,49)(H3,34,35,38,43)/t20-,21-,25-/m0/s1. The van der Waals surface area contributed by atoms with E-state index in [1.54, 1.807) is 52.0 Å². The average molecular weight is 736 g/mol. The van der Waals surface area contributed by atoms with Gasteiger partial charge in [0.1, 0.15) is 23.4 Å². The summed E-state index contributed by atoms with van der Waals surface area (Å²) in [5.41, 5.74) is 10.3. The molecule has 288 valence electrons. The number of guanidine groups is 1. The number of carboxylic acid groups (broad SMARTS) is 2. The molecule has 0 aromatic heterocycles. The number of aliphatic imine (C=N–C) groups is 1. The highest BCUT2D eigenvalue weighted by Crippen LogP contribution is 2.37. The topological polar surface area (TPSA) is 314 Å². The van der Waals surface area contributed by atoms with Crippen molar-refractivity contribution in [1.29, 1.82) is 0 Å². The molecule has 2 rings (SSSR count). The summed E-state index contributed by atoms with van der Waals surface area (Å²) in [4.78, 5) is 76.0. The van der Waals surface area contributed by atoms with Gasteiger partial charge >= 0.3 is 17.8 Å². The molecule has 20 heteroatoms. The van der Waals surface area contributed by atoms with Crippen molar-refractivity contribution in [2.24, 2.45) is 22.4 Å². The first-order valence-corrected chi connectivity index (χ1v) is 16.3. The van der Waals surface area contributed by atoms with Crippen LogP contribution in [0.4, 0.5) is 0 Å². The van der Waals surface area contributed by atoms with Crippen LogP contribution in [0.2, 0.25) is 0 Å². The number of benzene rings is 1. The summed E-state index contributed by atoms with van der Waals surface area (Å²) in [6, 6.07) is 2.27. The molecule has 3 atom stereocenters. The van der Waals surface area contributed by atoms with Crippen molar-refractivity contribution >= 4 is 47.4 Å². The number of ether oxygens (including phenoxy) is 1. The zero-order valence-electron chi connectivity index (χ0n) is 30.0. The van der Waals surface area contributed by atoms with Gasteiger partial charge in [0.2, 0.25) is 17.7 Å². The number of nitrogens with one attached hydrogen (secondary N) is 4. The Labute approximate surface area is 300 Å². The summed E-state index contributed by atoms with van der Waals surface area (Å²) in [6.45, 7) is 9.08. The van der Waals surface area contributed by atoms with Crippen molar-refractivity contribution in [3.05, 3.63) is 35.0 Å². The van der Waals surface area contributed by atoms with E-state index in [0.717, 1.165) is 9.80 Å². The molecule has 1 aliphatic heterocycles. The molecule has 0 saturated heterocycles. The van der Waals surface area contributed by atoms with E-state index < -0.39 is 90.3 Å². The number of nitrogens with two attached hydrogens (primary N) is 2. The Morgan fingerprint density at radius 3 is 2.13 bits per heavy atom. The predicted octanol–water partition coefficient (Wildman–Crippen LogP) is -1.58. The van der Waals surface area contributed by atoms with Crippen LogP contribution in [0.15, 0.2) is 29.3 Å². The third kappa shape index (κ3) is 11.3. The fraction of sp³-hybridized carbons (Fsp3) is 0.562. The van der Waals surface area contributed by atoms with Crippen LogP contribution in [0.5, 0.6) is 5.75 Å². The zero-order valence-corrected chi connectivity index (χ0v) is 30.0. The summed E-state index contributed by atoms with van der Waals surface area (Å²) in [7, 11) is 0. The van der Waals surface area contributed by atoms with Gasteiger partial charge in [-0.2, -0.15) is 0 Å². The minimum atomic E-state index is -1.60. The highest BCUT2D eigenvalue weighted by Gasteiger charge is 2.58. The molecule has 1 aromatic rings. The lowest BCUT2D eigenvalue weighted by Gasteiger charge is -2.33. The van der Waals surface area contributed by atoms with Crippen molar-refractivity contribution in [2.45, 2.75) is 90.0 Å². The van der Waals surface area contributed by atoms with Gasteiger partial charge in [-0.15, -0.1) is 5.06 Å². The van der Waals surface area contributed by atoms with Gasteiger partial charge < -0.3 is 47.6 Å². The lowest BCUT2D eigenvalue weighted by molar-refractivity contribution is -0.539. The Morgan fingerprint density at radius 2 is 1.62 bits per heavy atom. The third-order valence-corrected chi connectivity index (χ3v) is 8.65. The number of nitrogens with zero attached hydrogens (tertiary/aromatic N) is 3. The number of hydrogen-bond acceptors (Lipinski definition) is 12. The molecule has 0 fully saturated rings. The van der Waals surface area contributed by atoms with Crippen LogP contribution in [0.1, 0.15) is 66.4 Å². The van der Waals surface area contributed by atoms with E-state index in [0.29, 0.717) is 11.3 Å². The van der Waals surface area contributed by atoms with E-state index in [1.807, 2.05) is 0 Å². The zero-order chi connectivity index (χ0) is 39.6. The number of carboxylic acids is 2. The normalized spacial score (nSPS) is 16.8. The largest absolute Gasteiger partial charge is 0.714 e. The van der Waals surface area contributed by atoms with Gasteiger partial charge in [-0.25, -0.2) is 10.0 Å². The van der Waals surface area contributed by atoms with E-state index in [1.165, 1.54) is 13.8 Å². The number of aliphatic carboxylic acids is 2. The van der Waals surface area contributed by atoms with Gasteiger partial charge in [-0.1, -0.05) is 13.8 Å². The highest BCUT2D eigenvalue weighted by molar-refractivity contribution is 5.97. The average Bonchev–Trinajstić information content (AvgIpc) is 3.17. The van der Waals surface area contributed by atoms with Gasteiger partial charge in [0.25, 0.3) is 5.91 Å². The quantitative estimate of drug-likeness (QED) is 0.0270. The molecule has 1 heterocycles. The molecule has 0 unspecified atom stereocenters. The number of carbonyl (C=O) groups excluding carboxylic acids is 4. The summed E-state index contributed by atoms with van der Waals surface area (Å²) < 4.78 is 6.23. The minimum absolute atomic E-state index is 0.0831. The fourth-order valence-corrected chi connectivity index (χ4v) is 4.77. The SMILES string of the molecule is CC(C)[C@H](NC(=O)[C@H](CC(=O)O)NC(=O)CNC(=O)[C@@H](N)CCCN=C(N)NC(=O)COc1ccc(C2=[N+]([O-])C(C)(C)C(C)(C)N2O)cc1)C(=O)O. The van der Waals surface area contributed by atoms with Crippen molar-refractivity contribution in [3.8, 4) is 5.75 Å². The molecule has 52 heavy (non-hydrogen) atoms. The van der Waals surface area contributed by atoms with Crippen molar-refractivity contribution in [1.82, 2.24) is 26.3 Å². The molecule has 1 aliphatic rings. The Bertz CT molecular complexity index is 1560. The Hall–Kier alpha value is -5.50. The number of amides is 4. The molecular formula is C32H49N9O11. The summed E-state index contributed by atoms with van der Waals surface area (Å²) in [6.07, 6.45) is -0.452. The molecule has 1 aromatic carbocycles. The van der Waals surface area contributed by atoms with Crippen LogP contribution in [0, 0.1) is 11.1 Å². The molecule has 11 N–H and O–H groups in total. The van der Waals surface area contributed by atoms with E-state index in [9.17, 15) is 44.3 Å². The number of hydrogen-bond donors (Lipinski definition) is 9. The van der Waals surface area contributed by atoms with Crippen LogP contribution < -0.4 is 37.5 Å². The monoisotopic (exact) mass is 735 g/mol. The molecule has 0 spiro atoms. The maximum atomic E-state index is 12.9. The van der Waals surface area contributed by atoms with E-state index in [2.05, 4.69) is 26.3 Å². The molecule has 0 bridgehead atoms. The van der Waals surface area contributed by atoms with E-state index in [4.69, 9.17) is 21.3 Å². The van der Waals surface area contributed by atoms with Crippen molar-refractivity contribution in [2.75, 3.05) is 19.7 Å². The first-order chi connectivity index (χ1) is 24.1. The van der Waals surface area contributed by atoms with Gasteiger partial charge in [-0.05, 0) is 70.7 Å². The summed E-state index contributed by atoms with van der Waals surface area (Å²) >= 11 is 0. The van der Waals surface area contributed by atoms with E-state index >= 15 is 0 Å². The van der Waals surface area contributed by atoms with Crippen molar-refractivity contribution < 1.29 is 53.7 Å². The summed E-state index contributed by atoms with van der Waals surface area (Å²) in [5, 5.41) is 51.8. The van der Waals surface area contributed by atoms with Gasteiger partial charge in [-0.3, -0.25) is 39.0 Å². The van der Waals surface area contributed by atoms with Crippen LogP contribution in [0.3, 0.4) is 0 Å². The number of amidine groups is 1. The lowest BCUT2D eigenvalue weighted by Crippen LogP contribution is -2.55. The first-order valence-electron chi connectivity index (χ1n) is 16.3. The second-order valence-corrected chi connectivity index (χ2v) is 13.4. The minimum Gasteiger partial charge on any atom is -0.714 e. The first kappa shape index (κ1) is 42.7. The molecule has 20 nitrogen and oxygen atoms in total. The second kappa shape index (κ2) is 18.1. The lowest BCUT2D eigenvalue weighted by atomic mass is 9.84. The maximum Gasteiger partial charge on any atom is 0.326 e. The van der Waals surface area contributed by atoms with Gasteiger partial charge in [0.05, 0.1) is 24.6 Å². The van der Waals surface area contributed by atoms with Crippen LogP contribution >= 0.6 is 0 Å². The number of hydroxylamine groups is 3. The van der Waals surface area contributed by atoms with Crippen LogP contribution in [-0.4, -0.2) is 121 Å². The van der Waals surface area contributed by atoms with Gasteiger partial charge in [0.15, 0.2) is 18.1 Å². The second-order valence-electron chi connectivity index (χ2n) is 13.4. The molecule has 0 radical (unpaired) electrons. The maximum absolute atomic E-state index is 12.9. The summed E-state index contributed by atoms with van der Waals surface area (Å²) in [5.74, 6) is -6.32.